The number of amides is 1. The van der Waals surface area contributed by atoms with Crippen LogP contribution in [-0.4, -0.2) is 69.5 Å². The standard InChI is InChI=1S/C20H21BrN2O6S/c1-27-17-7-6-14(21)12-19(17)30(25,26)23-10-8-22(9-11-23)20(24)18-13-28-15-4-2-3-5-16(15)29-18/h2-7,12,18H,8-11,13H2,1H3. The van der Waals surface area contributed by atoms with E-state index in [2.05, 4.69) is 15.9 Å². The van der Waals surface area contributed by atoms with Gasteiger partial charge in [0, 0.05) is 30.7 Å². The second kappa shape index (κ2) is 8.44. The van der Waals surface area contributed by atoms with Crippen molar-refractivity contribution in [2.24, 2.45) is 0 Å². The zero-order chi connectivity index (χ0) is 21.3. The Kier molecular flexibility index (Phi) is 5.90. The second-order valence-corrected chi connectivity index (χ2v) is 9.71. The molecule has 30 heavy (non-hydrogen) atoms. The fourth-order valence-corrected chi connectivity index (χ4v) is 5.60. The molecule has 0 saturated carbocycles. The minimum absolute atomic E-state index is 0.0970. The third-order valence-corrected chi connectivity index (χ3v) is 7.49. The van der Waals surface area contributed by atoms with Gasteiger partial charge in [-0.3, -0.25) is 4.79 Å². The number of benzene rings is 2. The number of rotatable bonds is 4. The van der Waals surface area contributed by atoms with Gasteiger partial charge in [0.15, 0.2) is 11.5 Å². The van der Waals surface area contributed by atoms with Gasteiger partial charge in [-0.05, 0) is 30.3 Å². The van der Waals surface area contributed by atoms with E-state index in [4.69, 9.17) is 14.2 Å². The van der Waals surface area contributed by atoms with Crippen molar-refractivity contribution in [1.29, 1.82) is 0 Å². The first kappa shape index (κ1) is 21.0. The lowest BCUT2D eigenvalue weighted by atomic mass is 10.2. The Morgan fingerprint density at radius 3 is 2.50 bits per heavy atom. The summed E-state index contributed by atoms with van der Waals surface area (Å²) < 4.78 is 44.9. The lowest BCUT2D eigenvalue weighted by molar-refractivity contribution is -0.142. The lowest BCUT2D eigenvalue weighted by Crippen LogP contribution is -2.55. The number of sulfonamides is 1. The van der Waals surface area contributed by atoms with Gasteiger partial charge >= 0.3 is 0 Å². The van der Waals surface area contributed by atoms with Crippen molar-refractivity contribution >= 4 is 31.9 Å². The highest BCUT2D eigenvalue weighted by molar-refractivity contribution is 9.10. The molecule has 1 atom stereocenters. The van der Waals surface area contributed by atoms with Gasteiger partial charge in [-0.15, -0.1) is 0 Å². The summed E-state index contributed by atoms with van der Waals surface area (Å²) in [7, 11) is -2.32. The zero-order valence-corrected chi connectivity index (χ0v) is 18.7. The Morgan fingerprint density at radius 2 is 1.80 bits per heavy atom. The van der Waals surface area contributed by atoms with Crippen molar-refractivity contribution in [2.45, 2.75) is 11.0 Å². The molecule has 2 aromatic carbocycles. The molecule has 1 fully saturated rings. The number of hydrogen-bond donors (Lipinski definition) is 0. The molecule has 2 aliphatic heterocycles. The Bertz CT molecular complexity index is 1050. The van der Waals surface area contributed by atoms with E-state index in [9.17, 15) is 13.2 Å². The normalized spacial score (nSPS) is 19.4. The summed E-state index contributed by atoms with van der Waals surface area (Å²) in [6, 6.07) is 12.0. The molecule has 160 valence electrons. The molecular weight excluding hydrogens is 476 g/mol. The molecule has 2 aliphatic rings. The van der Waals surface area contributed by atoms with Crippen LogP contribution in [0.15, 0.2) is 51.8 Å². The van der Waals surface area contributed by atoms with Gasteiger partial charge in [0.1, 0.15) is 17.3 Å². The summed E-state index contributed by atoms with van der Waals surface area (Å²) in [6.45, 7) is 1.05. The van der Waals surface area contributed by atoms with E-state index >= 15 is 0 Å². The summed E-state index contributed by atoms with van der Waals surface area (Å²) in [5, 5.41) is 0. The Hall–Kier alpha value is -2.30. The van der Waals surface area contributed by atoms with Gasteiger partial charge < -0.3 is 19.1 Å². The fraction of sp³-hybridized carbons (Fsp3) is 0.350. The van der Waals surface area contributed by atoms with E-state index < -0.39 is 16.1 Å². The van der Waals surface area contributed by atoms with Gasteiger partial charge in [-0.2, -0.15) is 4.31 Å². The van der Waals surface area contributed by atoms with Crippen LogP contribution >= 0.6 is 15.9 Å². The first-order valence-corrected chi connectivity index (χ1v) is 11.6. The minimum Gasteiger partial charge on any atom is -0.495 e. The van der Waals surface area contributed by atoms with E-state index in [0.29, 0.717) is 16.0 Å². The Labute approximate surface area is 183 Å². The molecule has 2 heterocycles. The van der Waals surface area contributed by atoms with E-state index in [0.717, 1.165) is 0 Å². The number of fused-ring (bicyclic) bond motifs is 1. The summed E-state index contributed by atoms with van der Waals surface area (Å²) in [4.78, 5) is 14.6. The van der Waals surface area contributed by atoms with Crippen LogP contribution in [0.3, 0.4) is 0 Å². The van der Waals surface area contributed by atoms with Gasteiger partial charge in [-0.25, -0.2) is 8.42 Å². The lowest BCUT2D eigenvalue weighted by Gasteiger charge is -2.36. The van der Waals surface area contributed by atoms with E-state index in [1.165, 1.54) is 17.5 Å². The van der Waals surface area contributed by atoms with Crippen LogP contribution in [0.1, 0.15) is 0 Å². The molecule has 0 spiro atoms. The highest BCUT2D eigenvalue weighted by atomic mass is 79.9. The van der Waals surface area contributed by atoms with Crippen LogP contribution in [0.5, 0.6) is 17.2 Å². The summed E-state index contributed by atoms with van der Waals surface area (Å²) in [6.07, 6.45) is -0.742. The minimum atomic E-state index is -3.76. The highest BCUT2D eigenvalue weighted by Crippen LogP contribution is 2.32. The van der Waals surface area contributed by atoms with Crippen LogP contribution in [-0.2, 0) is 14.8 Å². The number of para-hydroxylation sites is 2. The number of carbonyl (C=O) groups excluding carboxylic acids is 1. The number of piperazine rings is 1. The SMILES string of the molecule is COc1ccc(Br)cc1S(=O)(=O)N1CCN(C(=O)C2COc3ccccc3O2)CC1. The molecule has 1 unspecified atom stereocenters. The molecule has 0 bridgehead atoms. The third-order valence-electron chi connectivity index (χ3n) is 5.08. The smallest absolute Gasteiger partial charge is 0.267 e. The maximum Gasteiger partial charge on any atom is 0.267 e. The topological polar surface area (TPSA) is 85.4 Å². The monoisotopic (exact) mass is 496 g/mol. The molecule has 0 aromatic heterocycles. The number of hydrogen-bond acceptors (Lipinski definition) is 6. The molecule has 10 heteroatoms. The number of ether oxygens (including phenoxy) is 3. The predicted octanol–water partition coefficient (Wildman–Crippen LogP) is 2.13. The van der Waals surface area contributed by atoms with Crippen molar-refractivity contribution in [2.75, 3.05) is 39.9 Å². The van der Waals surface area contributed by atoms with E-state index in [1.807, 2.05) is 12.1 Å². The molecule has 8 nitrogen and oxygen atoms in total. The molecule has 0 radical (unpaired) electrons. The number of nitrogens with zero attached hydrogens (tertiary/aromatic N) is 2. The molecule has 4 rings (SSSR count). The summed E-state index contributed by atoms with van der Waals surface area (Å²) >= 11 is 3.31. The molecule has 2 aromatic rings. The molecule has 1 amide bonds. The maximum absolute atomic E-state index is 13.1. The Morgan fingerprint density at radius 1 is 1.10 bits per heavy atom. The van der Waals surface area contributed by atoms with Crippen LogP contribution in [0, 0.1) is 0 Å². The van der Waals surface area contributed by atoms with E-state index in [-0.39, 0.29) is 49.3 Å². The van der Waals surface area contributed by atoms with Crippen molar-refractivity contribution in [3.8, 4) is 17.2 Å². The zero-order valence-electron chi connectivity index (χ0n) is 16.3. The second-order valence-electron chi connectivity index (χ2n) is 6.89. The molecule has 0 aliphatic carbocycles. The van der Waals surface area contributed by atoms with Crippen LogP contribution < -0.4 is 14.2 Å². The number of halogens is 1. The average molecular weight is 497 g/mol. The van der Waals surface area contributed by atoms with Crippen LogP contribution in [0.25, 0.3) is 0 Å². The average Bonchev–Trinajstić information content (AvgIpc) is 2.78. The van der Waals surface area contributed by atoms with E-state index in [1.54, 1.807) is 29.2 Å². The van der Waals surface area contributed by atoms with Crippen molar-refractivity contribution in [3.63, 3.8) is 0 Å². The predicted molar refractivity (Wildman–Crippen MR) is 112 cm³/mol. The van der Waals surface area contributed by atoms with Gasteiger partial charge in [0.05, 0.1) is 7.11 Å². The first-order chi connectivity index (χ1) is 14.4. The Balaban J connectivity index is 1.43. The largest absolute Gasteiger partial charge is 0.495 e. The third kappa shape index (κ3) is 3.99. The van der Waals surface area contributed by atoms with Gasteiger partial charge in [0.2, 0.25) is 16.1 Å². The van der Waals surface area contributed by atoms with Gasteiger partial charge in [-0.1, -0.05) is 28.1 Å². The van der Waals surface area contributed by atoms with Crippen molar-refractivity contribution in [1.82, 2.24) is 9.21 Å². The van der Waals surface area contributed by atoms with Crippen LogP contribution in [0.4, 0.5) is 0 Å². The fourth-order valence-electron chi connectivity index (χ4n) is 3.48. The molecule has 1 saturated heterocycles. The molecule has 0 N–H and O–H groups in total. The van der Waals surface area contributed by atoms with Crippen molar-refractivity contribution in [3.05, 3.63) is 46.9 Å². The quantitative estimate of drug-likeness (QED) is 0.644. The summed E-state index contributed by atoms with van der Waals surface area (Å²) in [5.41, 5.74) is 0. The number of carbonyl (C=O) groups is 1. The first-order valence-electron chi connectivity index (χ1n) is 9.41. The van der Waals surface area contributed by atoms with Crippen molar-refractivity contribution < 1.29 is 27.4 Å². The number of methoxy groups -OCH3 is 1. The highest BCUT2D eigenvalue weighted by Gasteiger charge is 2.36. The molecular formula is C20H21BrN2O6S. The maximum atomic E-state index is 13.1. The van der Waals surface area contributed by atoms with Gasteiger partial charge in [0.25, 0.3) is 5.91 Å². The summed E-state index contributed by atoms with van der Waals surface area (Å²) in [5.74, 6) is 1.22. The van der Waals surface area contributed by atoms with Crippen LogP contribution in [0.2, 0.25) is 0 Å².